The molecule has 0 saturated carbocycles. The van der Waals surface area contributed by atoms with Crippen LogP contribution in [0.2, 0.25) is 0 Å². The third-order valence-corrected chi connectivity index (χ3v) is 6.11. The summed E-state index contributed by atoms with van der Waals surface area (Å²) < 4.78 is 65.1. The van der Waals surface area contributed by atoms with Crippen LogP contribution in [0.1, 0.15) is 25.7 Å². The predicted molar refractivity (Wildman–Crippen MR) is 103 cm³/mol. The number of nitrogens with one attached hydrogen (secondary N) is 1. The van der Waals surface area contributed by atoms with Gasteiger partial charge in [-0.25, -0.2) is 13.8 Å². The highest BCUT2D eigenvalue weighted by molar-refractivity contribution is 7.49. The molecule has 4 N–H and O–H groups in total. The summed E-state index contributed by atoms with van der Waals surface area (Å²) in [4.78, 5) is 25.6. The molecule has 0 bridgehead atoms. The molecule has 1 fully saturated rings. The van der Waals surface area contributed by atoms with Gasteiger partial charge in [0.25, 0.3) is 11.4 Å². The van der Waals surface area contributed by atoms with Crippen LogP contribution >= 0.6 is 7.82 Å². The number of rotatable bonds is 5. The third kappa shape index (κ3) is 3.92. The van der Waals surface area contributed by atoms with Gasteiger partial charge in [-0.05, 0) is 12.5 Å². The van der Waals surface area contributed by atoms with Crippen molar-refractivity contribution in [1.29, 1.82) is 0 Å². The Balaban J connectivity index is 1.65. The average Bonchev–Trinajstić information content (AvgIpc) is 2.99. The van der Waals surface area contributed by atoms with Gasteiger partial charge in [0, 0.05) is 11.8 Å². The fourth-order valence-corrected chi connectivity index (χ4v) is 4.39. The molecule has 4 rings (SSSR count). The van der Waals surface area contributed by atoms with Crippen LogP contribution in [0.25, 0.3) is 0 Å². The number of ether oxygens (including phenoxy) is 1. The molecule has 12 nitrogen and oxygen atoms in total. The minimum atomic E-state index is -4.79. The van der Waals surface area contributed by atoms with Gasteiger partial charge < -0.3 is 24.6 Å². The standard InChI is InChI=1S/C18H20FN2O10P/c1-9-3-2-4-10-7-28-32(27,31-13(9)10)29-8-18(19)14(24)12(23)16(30-18)21-5-11(6-22)15(25)20-17(21)26/h2-5,12,14,16,22-24H,6-8H2,1H3,(H,20,25,26)/t12-,14+,16-,18-,32?/m1/s1/i8D2. The number of H-pyrrole nitrogens is 1. The van der Waals surface area contributed by atoms with Crippen LogP contribution in [0, 0.1) is 6.92 Å². The maximum Gasteiger partial charge on any atom is 0.530 e. The molecule has 32 heavy (non-hydrogen) atoms. The minimum Gasteiger partial charge on any atom is -0.403 e. The molecule has 0 aliphatic carbocycles. The number of hydrogen-bond acceptors (Lipinski definition) is 10. The van der Waals surface area contributed by atoms with E-state index in [2.05, 4.69) is 0 Å². The van der Waals surface area contributed by atoms with Crippen molar-refractivity contribution in [2.24, 2.45) is 0 Å². The zero-order valence-corrected chi connectivity index (χ0v) is 17.3. The molecule has 2 aromatic rings. The highest BCUT2D eigenvalue weighted by Crippen LogP contribution is 2.56. The van der Waals surface area contributed by atoms with E-state index in [1.54, 1.807) is 25.1 Å². The molecule has 1 aromatic heterocycles. The van der Waals surface area contributed by atoms with Crippen molar-refractivity contribution in [2.75, 3.05) is 6.56 Å². The number of aliphatic hydroxyl groups is 3. The second-order valence-electron chi connectivity index (χ2n) is 7.14. The van der Waals surface area contributed by atoms with Crippen molar-refractivity contribution >= 4 is 7.82 Å². The van der Waals surface area contributed by atoms with Crippen molar-refractivity contribution in [3.8, 4) is 5.75 Å². The highest BCUT2D eigenvalue weighted by atomic mass is 31.2. The SMILES string of the molecule is [2H]C([2H])(OP1(=O)OCc2cccc(C)c2O1)[C@@]1(F)O[C@@H](n2cc(CO)c(=O)[nH]c2=O)[C@H](O)[C@@H]1O. The van der Waals surface area contributed by atoms with Crippen molar-refractivity contribution in [1.82, 2.24) is 9.55 Å². The van der Waals surface area contributed by atoms with E-state index in [4.69, 9.17) is 21.0 Å². The summed E-state index contributed by atoms with van der Waals surface area (Å²) in [6.45, 7) is -3.27. The van der Waals surface area contributed by atoms with Gasteiger partial charge in [-0.1, -0.05) is 18.2 Å². The summed E-state index contributed by atoms with van der Waals surface area (Å²) in [5, 5.41) is 29.8. The quantitative estimate of drug-likeness (QED) is 0.431. The number of alkyl halides is 1. The Morgan fingerprint density at radius 1 is 1.44 bits per heavy atom. The van der Waals surface area contributed by atoms with Gasteiger partial charge in [0.2, 0.25) is 0 Å². The molecule has 1 saturated heterocycles. The number of phosphoric acid groups is 1. The molecular formula is C18H20FN2O10P. The van der Waals surface area contributed by atoms with Gasteiger partial charge in [0.1, 0.15) is 24.5 Å². The summed E-state index contributed by atoms with van der Waals surface area (Å²) in [6, 6.07) is 4.90. The summed E-state index contributed by atoms with van der Waals surface area (Å²) in [5.41, 5.74) is -1.52. The highest BCUT2D eigenvalue weighted by Gasteiger charge is 2.57. The number of aliphatic hydroxyl groups excluding tert-OH is 3. The second kappa shape index (κ2) is 8.19. The number of phosphoric ester groups is 1. The largest absolute Gasteiger partial charge is 0.530 e. The first-order valence-electron chi connectivity index (χ1n) is 10.2. The Morgan fingerprint density at radius 2 is 2.19 bits per heavy atom. The van der Waals surface area contributed by atoms with Crippen molar-refractivity contribution in [3.63, 3.8) is 0 Å². The first kappa shape index (κ1) is 20.2. The number of hydrogen-bond donors (Lipinski definition) is 4. The number of aromatic amines is 1. The van der Waals surface area contributed by atoms with Gasteiger partial charge in [-0.15, -0.1) is 0 Å². The first-order valence-corrected chi connectivity index (χ1v) is 10.7. The number of fused-ring (bicyclic) bond motifs is 1. The van der Waals surface area contributed by atoms with Gasteiger partial charge in [-0.2, -0.15) is 0 Å². The number of para-hydroxylation sites is 1. The fourth-order valence-electron chi connectivity index (χ4n) is 3.23. The lowest BCUT2D eigenvalue weighted by atomic mass is 10.1. The third-order valence-electron chi connectivity index (χ3n) is 4.95. The molecule has 3 heterocycles. The predicted octanol–water partition coefficient (Wildman–Crippen LogP) is -0.0124. The summed E-state index contributed by atoms with van der Waals surface area (Å²) >= 11 is 0. The maximum atomic E-state index is 15.8. The smallest absolute Gasteiger partial charge is 0.403 e. The molecule has 174 valence electrons. The second-order valence-corrected chi connectivity index (χ2v) is 8.65. The molecule has 5 atom stereocenters. The first-order chi connectivity index (χ1) is 15.8. The van der Waals surface area contributed by atoms with Crippen LogP contribution in [0.3, 0.4) is 0 Å². The van der Waals surface area contributed by atoms with Gasteiger partial charge >= 0.3 is 13.5 Å². The van der Waals surface area contributed by atoms with E-state index in [1.165, 1.54) is 0 Å². The molecule has 0 spiro atoms. The zero-order valence-electron chi connectivity index (χ0n) is 18.4. The van der Waals surface area contributed by atoms with Gasteiger partial charge in [0.05, 0.1) is 21.5 Å². The lowest BCUT2D eigenvalue weighted by molar-refractivity contribution is -0.205. The normalized spacial score (nSPS) is 33.2. The van der Waals surface area contributed by atoms with Crippen LogP contribution in [0.4, 0.5) is 4.39 Å². The number of benzene rings is 1. The lowest BCUT2D eigenvalue weighted by Gasteiger charge is -2.29. The Kier molecular flexibility index (Phi) is 5.18. The molecule has 2 aliphatic heterocycles. The van der Waals surface area contributed by atoms with E-state index in [0.29, 0.717) is 15.7 Å². The van der Waals surface area contributed by atoms with Crippen molar-refractivity contribution < 1.29 is 45.3 Å². The Labute approximate surface area is 182 Å². The average molecular weight is 476 g/mol. The van der Waals surface area contributed by atoms with E-state index < -0.39 is 56.5 Å². The van der Waals surface area contributed by atoms with Crippen LogP contribution in [-0.2, 0) is 31.6 Å². The molecule has 0 radical (unpaired) electrons. The van der Waals surface area contributed by atoms with Crippen LogP contribution in [0.5, 0.6) is 5.75 Å². The molecule has 1 aromatic carbocycles. The monoisotopic (exact) mass is 476 g/mol. The van der Waals surface area contributed by atoms with Crippen molar-refractivity contribution in [2.45, 2.75) is 44.4 Å². The number of aryl methyl sites for hydroxylation is 1. The van der Waals surface area contributed by atoms with E-state index in [9.17, 15) is 29.5 Å². The van der Waals surface area contributed by atoms with Gasteiger partial charge in [0.15, 0.2) is 6.23 Å². The molecule has 1 unspecified atom stereocenters. The van der Waals surface area contributed by atoms with E-state index in [1.807, 2.05) is 4.98 Å². The minimum absolute atomic E-state index is 0.0860. The lowest BCUT2D eigenvalue weighted by Crippen LogP contribution is -2.43. The fraction of sp³-hybridized carbons (Fsp3) is 0.444. The number of nitrogens with zero attached hydrogens (tertiary/aromatic N) is 1. The topological polar surface area (TPSA) is 170 Å². The number of aromatic nitrogens is 2. The Morgan fingerprint density at radius 3 is 2.91 bits per heavy atom. The van der Waals surface area contributed by atoms with E-state index >= 15 is 4.39 Å². The Hall–Kier alpha value is -2.38. The summed E-state index contributed by atoms with van der Waals surface area (Å²) in [7, 11) is -4.79. The van der Waals surface area contributed by atoms with Crippen LogP contribution in [0.15, 0.2) is 34.0 Å². The molecule has 0 amide bonds. The summed E-state index contributed by atoms with van der Waals surface area (Å²) in [6.07, 6.45) is -6.23. The van der Waals surface area contributed by atoms with Crippen LogP contribution in [-0.4, -0.2) is 49.5 Å². The molecule has 14 heteroatoms. The maximum absolute atomic E-state index is 15.8. The van der Waals surface area contributed by atoms with Gasteiger partial charge in [-0.3, -0.25) is 23.4 Å². The van der Waals surface area contributed by atoms with Crippen molar-refractivity contribution in [3.05, 3.63) is 61.9 Å². The molecular weight excluding hydrogens is 454 g/mol. The summed E-state index contributed by atoms with van der Waals surface area (Å²) in [5.74, 6) is -3.80. The Bertz CT molecular complexity index is 1290. The van der Waals surface area contributed by atoms with E-state index in [0.717, 1.165) is 6.20 Å². The molecule has 2 aliphatic rings. The van der Waals surface area contributed by atoms with E-state index in [-0.39, 0.29) is 17.9 Å². The van der Waals surface area contributed by atoms with Crippen LogP contribution < -0.4 is 15.8 Å². The zero-order chi connectivity index (χ0) is 25.1. The number of halogens is 1.